The number of rotatable bonds is 7. The molecule has 116 valence electrons. The van der Waals surface area contributed by atoms with E-state index < -0.39 is 0 Å². The number of carbonyl (C=O) groups excluding carboxylic acids is 2. The maximum Gasteiger partial charge on any atom is 0.279 e. The van der Waals surface area contributed by atoms with Gasteiger partial charge in [0.2, 0.25) is 0 Å². The molecule has 0 radical (unpaired) electrons. The van der Waals surface area contributed by atoms with Crippen LogP contribution in [0.4, 0.5) is 5.69 Å². The average Bonchev–Trinajstić information content (AvgIpc) is 2.51. The van der Waals surface area contributed by atoms with Crippen molar-refractivity contribution in [2.24, 2.45) is 0 Å². The van der Waals surface area contributed by atoms with Crippen LogP contribution in [-0.2, 0) is 9.59 Å². The van der Waals surface area contributed by atoms with Crippen molar-refractivity contribution in [1.29, 1.82) is 0 Å². The third kappa shape index (κ3) is 5.07. The lowest BCUT2D eigenvalue weighted by Crippen LogP contribution is -3.17. The molecule has 0 aliphatic rings. The molecule has 0 saturated carbocycles. The van der Waals surface area contributed by atoms with Gasteiger partial charge in [0.1, 0.15) is 5.75 Å². The number of nitrogens with one attached hydrogen (secondary N) is 3. The van der Waals surface area contributed by atoms with E-state index in [9.17, 15) is 9.59 Å². The zero-order valence-corrected chi connectivity index (χ0v) is 13.0. The second-order valence-electron chi connectivity index (χ2n) is 4.80. The molecule has 6 heteroatoms. The highest BCUT2D eigenvalue weighted by Crippen LogP contribution is 2.14. The highest BCUT2D eigenvalue weighted by Gasteiger charge is 2.24. The van der Waals surface area contributed by atoms with Gasteiger partial charge in [-0.3, -0.25) is 9.59 Å². The van der Waals surface area contributed by atoms with Crippen LogP contribution in [-0.4, -0.2) is 45.1 Å². The van der Waals surface area contributed by atoms with Crippen molar-refractivity contribution in [3.63, 3.8) is 0 Å². The number of carbonyl (C=O) groups is 2. The van der Waals surface area contributed by atoms with Crippen LogP contribution < -0.4 is 20.3 Å². The molecule has 0 spiro atoms. The van der Waals surface area contributed by atoms with Gasteiger partial charge < -0.3 is 20.3 Å². The van der Waals surface area contributed by atoms with E-state index >= 15 is 0 Å². The highest BCUT2D eigenvalue weighted by molar-refractivity contribution is 5.91. The van der Waals surface area contributed by atoms with E-state index in [0.717, 1.165) is 10.6 Å². The van der Waals surface area contributed by atoms with Crippen LogP contribution in [0.2, 0.25) is 0 Å². The Bertz CT molecular complexity index is 474. The van der Waals surface area contributed by atoms with Crippen LogP contribution in [0.5, 0.6) is 5.75 Å². The largest absolute Gasteiger partial charge is 0.497 e. The summed E-state index contributed by atoms with van der Waals surface area (Å²) in [5.41, 5.74) is 0.712. The van der Waals surface area contributed by atoms with E-state index in [2.05, 4.69) is 10.6 Å². The van der Waals surface area contributed by atoms with Crippen molar-refractivity contribution in [3.8, 4) is 5.75 Å². The number of hydrogen-bond acceptors (Lipinski definition) is 3. The molecule has 0 saturated heterocycles. The molecule has 1 rings (SSSR count). The molecule has 2 amide bonds. The summed E-state index contributed by atoms with van der Waals surface area (Å²) in [4.78, 5) is 24.6. The predicted molar refractivity (Wildman–Crippen MR) is 81.5 cm³/mol. The molecule has 21 heavy (non-hydrogen) atoms. The van der Waals surface area contributed by atoms with Gasteiger partial charge >= 0.3 is 0 Å². The summed E-state index contributed by atoms with van der Waals surface area (Å²) in [6.45, 7) is 4.72. The van der Waals surface area contributed by atoms with Crippen LogP contribution in [0.3, 0.4) is 0 Å². The third-order valence-corrected chi connectivity index (χ3v) is 3.47. The Balaban J connectivity index is 2.59. The van der Waals surface area contributed by atoms with Crippen LogP contribution in [0.15, 0.2) is 24.3 Å². The monoisotopic (exact) mass is 294 g/mol. The van der Waals surface area contributed by atoms with Crippen LogP contribution >= 0.6 is 0 Å². The molecule has 1 unspecified atom stereocenters. The molecule has 0 aromatic heterocycles. The lowest BCUT2D eigenvalue weighted by atomic mass is 10.2. The Morgan fingerprint density at radius 2 is 1.90 bits per heavy atom. The fraction of sp³-hybridized carbons (Fsp3) is 0.467. The smallest absolute Gasteiger partial charge is 0.279 e. The second-order valence-corrected chi connectivity index (χ2v) is 4.80. The van der Waals surface area contributed by atoms with E-state index in [1.807, 2.05) is 13.8 Å². The minimum Gasteiger partial charge on any atom is -0.497 e. The van der Waals surface area contributed by atoms with Gasteiger partial charge in [-0.05, 0) is 38.1 Å². The molecule has 0 fully saturated rings. The first-order chi connectivity index (χ1) is 10.0. The summed E-state index contributed by atoms with van der Waals surface area (Å²) in [7, 11) is 3.19. The van der Waals surface area contributed by atoms with Gasteiger partial charge in [0.15, 0.2) is 12.6 Å². The Morgan fingerprint density at radius 1 is 1.29 bits per heavy atom. The topological polar surface area (TPSA) is 71.9 Å². The van der Waals surface area contributed by atoms with Gasteiger partial charge in [0, 0.05) is 12.7 Å². The lowest BCUT2D eigenvalue weighted by molar-refractivity contribution is -0.904. The van der Waals surface area contributed by atoms with Gasteiger partial charge in [-0.2, -0.15) is 0 Å². The van der Waals surface area contributed by atoms with Gasteiger partial charge in [0.05, 0.1) is 13.7 Å². The zero-order valence-electron chi connectivity index (χ0n) is 13.0. The number of methoxy groups -OCH3 is 1. The van der Waals surface area contributed by atoms with Crippen molar-refractivity contribution in [3.05, 3.63) is 24.3 Å². The molecular weight excluding hydrogens is 270 g/mol. The van der Waals surface area contributed by atoms with Gasteiger partial charge in [-0.15, -0.1) is 0 Å². The number of ether oxygens (including phenoxy) is 1. The first-order valence-corrected chi connectivity index (χ1v) is 7.01. The quantitative estimate of drug-likeness (QED) is 0.645. The Hall–Kier alpha value is -2.08. The van der Waals surface area contributed by atoms with Gasteiger partial charge in [-0.25, -0.2) is 0 Å². The van der Waals surface area contributed by atoms with E-state index in [4.69, 9.17) is 4.74 Å². The van der Waals surface area contributed by atoms with E-state index in [1.165, 1.54) is 0 Å². The molecule has 0 aliphatic carbocycles. The normalized spacial score (nSPS) is 13.1. The molecule has 1 aromatic rings. The Morgan fingerprint density at radius 3 is 2.38 bits per heavy atom. The lowest BCUT2D eigenvalue weighted by Gasteiger charge is -2.22. The number of hydrogen-bond donors (Lipinski definition) is 3. The predicted octanol–water partition coefficient (Wildman–Crippen LogP) is -0.327. The fourth-order valence-corrected chi connectivity index (χ4v) is 2.07. The summed E-state index contributed by atoms with van der Waals surface area (Å²) in [6.07, 6.45) is 0. The average molecular weight is 294 g/mol. The number of anilines is 1. The highest BCUT2D eigenvalue weighted by atomic mass is 16.5. The standard InChI is InChI=1S/C15H23N3O3/c1-5-18(11(2)15(20)16-3)10-14(19)17-12-6-8-13(21-4)9-7-12/h6-9,11H,5,10H2,1-4H3,(H,16,20)(H,17,19)/p+1/t11-/m0/s1. The summed E-state index contributed by atoms with van der Waals surface area (Å²) in [5.74, 6) is 0.555. The molecule has 0 aliphatic heterocycles. The summed E-state index contributed by atoms with van der Waals surface area (Å²) >= 11 is 0. The van der Waals surface area contributed by atoms with Crippen molar-refractivity contribution in [2.45, 2.75) is 19.9 Å². The first-order valence-electron chi connectivity index (χ1n) is 7.01. The van der Waals surface area contributed by atoms with Crippen molar-refractivity contribution >= 4 is 17.5 Å². The molecule has 0 heterocycles. The van der Waals surface area contributed by atoms with Gasteiger partial charge in [0.25, 0.3) is 11.8 Å². The summed E-state index contributed by atoms with van der Waals surface area (Å²) < 4.78 is 5.07. The molecule has 3 N–H and O–H groups in total. The van der Waals surface area contributed by atoms with E-state index in [0.29, 0.717) is 12.2 Å². The van der Waals surface area contributed by atoms with E-state index in [1.54, 1.807) is 38.4 Å². The molecule has 6 nitrogen and oxygen atoms in total. The summed E-state index contributed by atoms with van der Waals surface area (Å²) in [6, 6.07) is 6.87. The Labute approximate surface area is 125 Å². The Kier molecular flexibility index (Phi) is 6.68. The second kappa shape index (κ2) is 8.26. The fourth-order valence-electron chi connectivity index (χ4n) is 2.07. The van der Waals surface area contributed by atoms with Gasteiger partial charge in [-0.1, -0.05) is 0 Å². The third-order valence-electron chi connectivity index (χ3n) is 3.47. The van der Waals surface area contributed by atoms with Crippen molar-refractivity contribution in [1.82, 2.24) is 5.32 Å². The SMILES string of the molecule is CC[NH+](CC(=O)Nc1ccc(OC)cc1)[C@@H](C)C(=O)NC. The van der Waals surface area contributed by atoms with Crippen molar-refractivity contribution < 1.29 is 19.2 Å². The molecule has 2 atom stereocenters. The number of amides is 2. The number of quaternary nitrogens is 1. The maximum atomic E-state index is 12.1. The minimum atomic E-state index is -0.262. The maximum absolute atomic E-state index is 12.1. The molecular formula is C15H24N3O3+. The van der Waals surface area contributed by atoms with Crippen LogP contribution in [0, 0.1) is 0 Å². The number of likely N-dealkylation sites (N-methyl/N-ethyl adjacent to an activating group) is 2. The van der Waals surface area contributed by atoms with Crippen LogP contribution in [0.25, 0.3) is 0 Å². The number of benzene rings is 1. The van der Waals surface area contributed by atoms with Crippen molar-refractivity contribution in [2.75, 3.05) is 32.6 Å². The zero-order chi connectivity index (χ0) is 15.8. The minimum absolute atomic E-state index is 0.0657. The molecule has 1 aromatic carbocycles. The van der Waals surface area contributed by atoms with Crippen LogP contribution in [0.1, 0.15) is 13.8 Å². The summed E-state index contributed by atoms with van der Waals surface area (Å²) in [5, 5.41) is 5.43. The first kappa shape index (κ1) is 17.0. The van der Waals surface area contributed by atoms with E-state index in [-0.39, 0.29) is 24.4 Å². The molecule has 0 bridgehead atoms.